The van der Waals surface area contributed by atoms with Gasteiger partial charge in [0.05, 0.1) is 17.4 Å². The molecule has 0 unspecified atom stereocenters. The highest BCUT2D eigenvalue weighted by atomic mass is 19.1. The first-order valence-corrected chi connectivity index (χ1v) is 7.01. The SMILES string of the molecule is CC1(c2nc(-c3cnn(-c4ccc(F)cc4)c3N)no2)CC1. The molecule has 0 amide bonds. The zero-order chi connectivity index (χ0) is 15.3. The number of halogens is 1. The van der Waals surface area contributed by atoms with E-state index >= 15 is 0 Å². The van der Waals surface area contributed by atoms with E-state index in [9.17, 15) is 4.39 Å². The first kappa shape index (κ1) is 13.0. The molecule has 2 aromatic heterocycles. The van der Waals surface area contributed by atoms with E-state index in [2.05, 4.69) is 22.2 Å². The molecule has 2 N–H and O–H groups in total. The number of aromatic nitrogens is 4. The second-order valence-corrected chi connectivity index (χ2v) is 5.82. The Morgan fingerprint density at radius 3 is 2.68 bits per heavy atom. The molecule has 1 aliphatic rings. The summed E-state index contributed by atoms with van der Waals surface area (Å²) in [7, 11) is 0. The largest absolute Gasteiger partial charge is 0.383 e. The van der Waals surface area contributed by atoms with Gasteiger partial charge in [-0.3, -0.25) is 0 Å². The molecule has 0 saturated heterocycles. The third kappa shape index (κ3) is 1.97. The summed E-state index contributed by atoms with van der Waals surface area (Å²) in [5.41, 5.74) is 7.40. The molecule has 1 aromatic carbocycles. The lowest BCUT2D eigenvalue weighted by Gasteiger charge is -2.03. The van der Waals surface area contributed by atoms with Gasteiger partial charge in [0.15, 0.2) is 0 Å². The Morgan fingerprint density at radius 2 is 2.00 bits per heavy atom. The molecule has 7 heteroatoms. The molecule has 0 aliphatic heterocycles. The predicted molar refractivity (Wildman–Crippen MR) is 77.8 cm³/mol. The second kappa shape index (κ2) is 4.40. The van der Waals surface area contributed by atoms with Gasteiger partial charge in [0.1, 0.15) is 11.6 Å². The van der Waals surface area contributed by atoms with E-state index in [1.807, 2.05) is 0 Å². The van der Waals surface area contributed by atoms with Crippen molar-refractivity contribution in [2.45, 2.75) is 25.2 Å². The lowest BCUT2D eigenvalue weighted by Crippen LogP contribution is -2.02. The Labute approximate surface area is 125 Å². The van der Waals surface area contributed by atoms with Crippen molar-refractivity contribution in [2.75, 3.05) is 5.73 Å². The van der Waals surface area contributed by atoms with Crippen LogP contribution in [-0.4, -0.2) is 19.9 Å². The zero-order valence-corrected chi connectivity index (χ0v) is 12.0. The second-order valence-electron chi connectivity index (χ2n) is 5.82. The van der Waals surface area contributed by atoms with E-state index in [4.69, 9.17) is 10.3 Å². The van der Waals surface area contributed by atoms with Crippen LogP contribution in [0.25, 0.3) is 17.1 Å². The minimum Gasteiger partial charge on any atom is -0.383 e. The maximum atomic E-state index is 13.0. The summed E-state index contributed by atoms with van der Waals surface area (Å²) in [6.07, 6.45) is 3.69. The van der Waals surface area contributed by atoms with Gasteiger partial charge >= 0.3 is 0 Å². The number of rotatable bonds is 3. The van der Waals surface area contributed by atoms with Crippen LogP contribution in [-0.2, 0) is 5.41 Å². The van der Waals surface area contributed by atoms with E-state index in [0.717, 1.165) is 12.8 Å². The van der Waals surface area contributed by atoms with E-state index in [1.54, 1.807) is 18.3 Å². The molecule has 22 heavy (non-hydrogen) atoms. The van der Waals surface area contributed by atoms with Crippen LogP contribution in [0.1, 0.15) is 25.7 Å². The molecule has 112 valence electrons. The normalized spacial score (nSPS) is 15.9. The highest BCUT2D eigenvalue weighted by Gasteiger charge is 2.44. The minimum absolute atomic E-state index is 0.00691. The number of nitrogen functional groups attached to an aromatic ring is 1. The van der Waals surface area contributed by atoms with Crippen LogP contribution in [0.3, 0.4) is 0 Å². The van der Waals surface area contributed by atoms with Crippen LogP contribution in [0, 0.1) is 5.82 Å². The molecule has 1 fully saturated rings. The predicted octanol–water partition coefficient (Wildman–Crippen LogP) is 2.70. The van der Waals surface area contributed by atoms with Gasteiger partial charge in [-0.2, -0.15) is 10.1 Å². The highest BCUT2D eigenvalue weighted by Crippen LogP contribution is 2.47. The molecular weight excluding hydrogens is 285 g/mol. The molecule has 0 spiro atoms. The molecule has 0 atom stereocenters. The number of benzene rings is 1. The maximum Gasteiger partial charge on any atom is 0.232 e. The average Bonchev–Trinajstić information content (AvgIpc) is 2.93. The topological polar surface area (TPSA) is 82.8 Å². The van der Waals surface area contributed by atoms with Gasteiger partial charge in [-0.1, -0.05) is 12.1 Å². The van der Waals surface area contributed by atoms with E-state index in [-0.39, 0.29) is 11.2 Å². The summed E-state index contributed by atoms with van der Waals surface area (Å²) in [5, 5.41) is 8.22. The third-order valence-corrected chi connectivity index (χ3v) is 4.06. The molecule has 6 nitrogen and oxygen atoms in total. The van der Waals surface area contributed by atoms with Crippen molar-refractivity contribution in [1.29, 1.82) is 0 Å². The lowest BCUT2D eigenvalue weighted by atomic mass is 10.1. The van der Waals surface area contributed by atoms with E-state index in [0.29, 0.717) is 28.8 Å². The van der Waals surface area contributed by atoms with Gasteiger partial charge in [0.25, 0.3) is 0 Å². The van der Waals surface area contributed by atoms with Crippen molar-refractivity contribution in [3.8, 4) is 17.1 Å². The van der Waals surface area contributed by atoms with Gasteiger partial charge in [-0.25, -0.2) is 9.07 Å². The number of hydrogen-bond donors (Lipinski definition) is 1. The Bertz CT molecular complexity index is 832. The highest BCUT2D eigenvalue weighted by molar-refractivity contribution is 5.69. The molecule has 2 heterocycles. The van der Waals surface area contributed by atoms with Crippen molar-refractivity contribution < 1.29 is 8.91 Å². The van der Waals surface area contributed by atoms with E-state index < -0.39 is 0 Å². The Balaban J connectivity index is 1.71. The Kier molecular flexibility index (Phi) is 2.60. The number of hydrogen-bond acceptors (Lipinski definition) is 5. The number of anilines is 1. The van der Waals surface area contributed by atoms with Crippen LogP contribution in [0.15, 0.2) is 35.0 Å². The lowest BCUT2D eigenvalue weighted by molar-refractivity contribution is 0.353. The van der Waals surface area contributed by atoms with Gasteiger partial charge < -0.3 is 10.3 Å². The molecule has 0 radical (unpaired) electrons. The first-order valence-electron chi connectivity index (χ1n) is 7.01. The van der Waals surface area contributed by atoms with Gasteiger partial charge in [-0.05, 0) is 37.1 Å². The van der Waals surface area contributed by atoms with Crippen molar-refractivity contribution in [3.63, 3.8) is 0 Å². The van der Waals surface area contributed by atoms with Crippen LogP contribution in [0.2, 0.25) is 0 Å². The fourth-order valence-electron chi connectivity index (χ4n) is 2.30. The summed E-state index contributed by atoms with van der Waals surface area (Å²) < 4.78 is 19.8. The summed E-state index contributed by atoms with van der Waals surface area (Å²) in [5.74, 6) is 1.14. The number of nitrogens with zero attached hydrogens (tertiary/aromatic N) is 4. The van der Waals surface area contributed by atoms with Gasteiger partial charge in [0, 0.05) is 5.41 Å². The average molecular weight is 299 g/mol. The van der Waals surface area contributed by atoms with Crippen molar-refractivity contribution >= 4 is 5.82 Å². The number of nitrogens with two attached hydrogens (primary N) is 1. The van der Waals surface area contributed by atoms with Crippen LogP contribution < -0.4 is 5.73 Å². The van der Waals surface area contributed by atoms with Crippen molar-refractivity contribution in [1.82, 2.24) is 19.9 Å². The zero-order valence-electron chi connectivity index (χ0n) is 12.0. The molecule has 3 aromatic rings. The molecule has 4 rings (SSSR count). The van der Waals surface area contributed by atoms with Crippen molar-refractivity contribution in [3.05, 3.63) is 42.2 Å². The molecule has 1 aliphatic carbocycles. The summed E-state index contributed by atoms with van der Waals surface area (Å²) in [6, 6.07) is 5.93. The summed E-state index contributed by atoms with van der Waals surface area (Å²) in [4.78, 5) is 4.43. The van der Waals surface area contributed by atoms with Crippen LogP contribution in [0.5, 0.6) is 0 Å². The summed E-state index contributed by atoms with van der Waals surface area (Å²) >= 11 is 0. The van der Waals surface area contributed by atoms with Crippen LogP contribution in [0.4, 0.5) is 10.2 Å². The quantitative estimate of drug-likeness (QED) is 0.804. The fourth-order valence-corrected chi connectivity index (χ4v) is 2.30. The third-order valence-electron chi connectivity index (χ3n) is 4.06. The van der Waals surface area contributed by atoms with Crippen molar-refractivity contribution in [2.24, 2.45) is 0 Å². The van der Waals surface area contributed by atoms with Gasteiger partial charge in [0.2, 0.25) is 11.7 Å². The fraction of sp³-hybridized carbons (Fsp3) is 0.267. The molecule has 0 bridgehead atoms. The molecule has 1 saturated carbocycles. The first-order chi connectivity index (χ1) is 10.6. The Hall–Kier alpha value is -2.70. The minimum atomic E-state index is -0.310. The molecular formula is C15H14FN5O. The summed E-state index contributed by atoms with van der Waals surface area (Å²) in [6.45, 7) is 2.09. The van der Waals surface area contributed by atoms with Crippen LogP contribution >= 0.6 is 0 Å². The van der Waals surface area contributed by atoms with E-state index in [1.165, 1.54) is 16.8 Å². The maximum absolute atomic E-state index is 13.0. The Morgan fingerprint density at radius 1 is 1.27 bits per heavy atom. The monoisotopic (exact) mass is 299 g/mol. The van der Waals surface area contributed by atoms with Gasteiger partial charge in [-0.15, -0.1) is 0 Å². The standard InChI is InChI=1S/C15H14FN5O/c1-15(6-7-15)14-19-13(20-22-14)11-8-18-21(12(11)17)10-4-2-9(16)3-5-10/h2-5,8H,6-7,17H2,1H3. The smallest absolute Gasteiger partial charge is 0.232 e.